The number of aliphatic hydroxyl groups excluding tert-OH is 1. The molecule has 1 N–H and O–H groups in total. The Morgan fingerprint density at radius 1 is 1.38 bits per heavy atom. The van der Waals surface area contributed by atoms with E-state index in [1.165, 1.54) is 0 Å². The number of hydrogen-bond acceptors (Lipinski definition) is 5. The van der Waals surface area contributed by atoms with E-state index in [1.807, 2.05) is 0 Å². The van der Waals surface area contributed by atoms with Gasteiger partial charge in [-0.2, -0.15) is 0 Å². The second-order valence-corrected chi connectivity index (χ2v) is 7.31. The monoisotopic (exact) mass is 332 g/mol. The Hall–Kier alpha value is -1.88. The first kappa shape index (κ1) is 17.0. The standard InChI is InChI=1S/C19H24O5/c1-8(2)18(21)23-14-6-9(3)12-7-13(20)10(4)15(12)17-16(14)11(5)19(22)24-17/h11-17,20H,1,3-4,6-7H2,2,5H3/t11-,12-,13+,14-,15-,16+,17+/m0/s1. The highest BCUT2D eigenvalue weighted by molar-refractivity contribution is 5.87. The van der Waals surface area contributed by atoms with Crippen molar-refractivity contribution in [2.75, 3.05) is 0 Å². The zero-order valence-corrected chi connectivity index (χ0v) is 14.2. The van der Waals surface area contributed by atoms with E-state index < -0.39 is 24.3 Å². The molecule has 0 unspecified atom stereocenters. The zero-order valence-electron chi connectivity index (χ0n) is 14.2. The van der Waals surface area contributed by atoms with Crippen LogP contribution in [0.3, 0.4) is 0 Å². The average Bonchev–Trinajstić information content (AvgIpc) is 2.92. The summed E-state index contributed by atoms with van der Waals surface area (Å²) in [6.07, 6.45) is -0.546. The lowest BCUT2D eigenvalue weighted by atomic mass is 9.79. The first-order valence-electron chi connectivity index (χ1n) is 8.33. The molecule has 0 bridgehead atoms. The van der Waals surface area contributed by atoms with Gasteiger partial charge in [-0.05, 0) is 24.8 Å². The lowest BCUT2D eigenvalue weighted by Gasteiger charge is -2.29. The minimum Gasteiger partial charge on any atom is -0.461 e. The number of esters is 2. The molecule has 24 heavy (non-hydrogen) atoms. The lowest BCUT2D eigenvalue weighted by molar-refractivity contribution is -0.148. The molecule has 1 heterocycles. The molecule has 0 aromatic carbocycles. The quantitative estimate of drug-likeness (QED) is 0.477. The van der Waals surface area contributed by atoms with Crippen LogP contribution in [0.25, 0.3) is 0 Å². The molecule has 1 aliphatic heterocycles. The second kappa shape index (κ2) is 5.88. The number of hydrogen-bond donors (Lipinski definition) is 1. The SMILES string of the molecule is C=C(C)C(=O)O[C@H]1CC(=C)[C@@H]2C[C@@H](O)C(=C)[C@@H]2[C@H]2OC(=O)[C@@H](C)[C@@H]21. The molecule has 5 heteroatoms. The second-order valence-electron chi connectivity index (χ2n) is 7.31. The van der Waals surface area contributed by atoms with Gasteiger partial charge in [0.05, 0.1) is 12.0 Å². The predicted octanol–water partition coefficient (Wildman–Crippen LogP) is 2.17. The van der Waals surface area contributed by atoms with Crippen molar-refractivity contribution >= 4 is 11.9 Å². The van der Waals surface area contributed by atoms with Crippen molar-refractivity contribution < 1.29 is 24.2 Å². The maximum absolute atomic E-state index is 12.2. The maximum atomic E-state index is 12.2. The van der Waals surface area contributed by atoms with Gasteiger partial charge in [-0.1, -0.05) is 32.2 Å². The Bertz CT molecular complexity index is 634. The molecular formula is C19H24O5. The molecule has 0 aromatic heterocycles. The topological polar surface area (TPSA) is 72.8 Å². The molecule has 7 atom stereocenters. The van der Waals surface area contributed by atoms with Crippen LogP contribution in [-0.4, -0.2) is 35.4 Å². The van der Waals surface area contributed by atoms with Crippen molar-refractivity contribution in [3.05, 3.63) is 36.5 Å². The van der Waals surface area contributed by atoms with E-state index in [2.05, 4.69) is 19.7 Å². The Labute approximate surface area is 142 Å². The largest absolute Gasteiger partial charge is 0.461 e. The van der Waals surface area contributed by atoms with E-state index in [9.17, 15) is 14.7 Å². The van der Waals surface area contributed by atoms with Gasteiger partial charge in [0.25, 0.3) is 0 Å². The highest BCUT2D eigenvalue weighted by Gasteiger charge is 2.57. The molecule has 1 saturated heterocycles. The summed E-state index contributed by atoms with van der Waals surface area (Å²) >= 11 is 0. The normalized spacial score (nSPS) is 41.3. The van der Waals surface area contributed by atoms with Crippen LogP contribution in [0.15, 0.2) is 36.5 Å². The van der Waals surface area contributed by atoms with Gasteiger partial charge in [0.1, 0.15) is 12.2 Å². The Kier molecular flexibility index (Phi) is 4.16. The van der Waals surface area contributed by atoms with Gasteiger partial charge in [-0.3, -0.25) is 4.79 Å². The van der Waals surface area contributed by atoms with E-state index in [0.29, 0.717) is 24.0 Å². The fourth-order valence-corrected chi connectivity index (χ4v) is 4.39. The van der Waals surface area contributed by atoms with Crippen molar-refractivity contribution in [2.24, 2.45) is 23.7 Å². The predicted molar refractivity (Wildman–Crippen MR) is 87.7 cm³/mol. The first-order valence-corrected chi connectivity index (χ1v) is 8.33. The molecular weight excluding hydrogens is 308 g/mol. The van der Waals surface area contributed by atoms with Crippen LogP contribution in [-0.2, 0) is 19.1 Å². The van der Waals surface area contributed by atoms with Crippen LogP contribution >= 0.6 is 0 Å². The first-order chi connectivity index (χ1) is 11.2. The summed E-state index contributed by atoms with van der Waals surface area (Å²) in [5.41, 5.74) is 1.92. The molecule has 3 fully saturated rings. The van der Waals surface area contributed by atoms with Crippen LogP contribution in [0.1, 0.15) is 26.7 Å². The lowest BCUT2D eigenvalue weighted by Crippen LogP contribution is -2.38. The van der Waals surface area contributed by atoms with Crippen LogP contribution in [0.4, 0.5) is 0 Å². The van der Waals surface area contributed by atoms with Gasteiger partial charge in [0.2, 0.25) is 0 Å². The number of carbonyl (C=O) groups excluding carboxylic acids is 2. The summed E-state index contributed by atoms with van der Waals surface area (Å²) < 4.78 is 11.3. The fraction of sp³-hybridized carbons (Fsp3) is 0.579. The van der Waals surface area contributed by atoms with Crippen molar-refractivity contribution in [3.8, 4) is 0 Å². The van der Waals surface area contributed by atoms with Gasteiger partial charge in [0, 0.05) is 23.8 Å². The minimum atomic E-state index is -0.610. The molecule has 5 nitrogen and oxygen atoms in total. The third-order valence-electron chi connectivity index (χ3n) is 5.73. The summed E-state index contributed by atoms with van der Waals surface area (Å²) in [5.74, 6) is -1.58. The van der Waals surface area contributed by atoms with Gasteiger partial charge < -0.3 is 14.6 Å². The Morgan fingerprint density at radius 3 is 2.67 bits per heavy atom. The van der Waals surface area contributed by atoms with Crippen molar-refractivity contribution in [1.82, 2.24) is 0 Å². The smallest absolute Gasteiger partial charge is 0.333 e. The van der Waals surface area contributed by atoms with E-state index in [4.69, 9.17) is 9.47 Å². The summed E-state index contributed by atoms with van der Waals surface area (Å²) in [6, 6.07) is 0. The number of aliphatic hydroxyl groups is 1. The summed E-state index contributed by atoms with van der Waals surface area (Å²) in [4.78, 5) is 24.2. The van der Waals surface area contributed by atoms with Crippen molar-refractivity contribution in [2.45, 2.75) is 45.0 Å². The van der Waals surface area contributed by atoms with Crippen LogP contribution in [0, 0.1) is 23.7 Å². The number of rotatable bonds is 2. The summed E-state index contributed by atoms with van der Waals surface area (Å²) in [5, 5.41) is 10.2. The Balaban J connectivity index is 1.98. The van der Waals surface area contributed by atoms with E-state index in [1.54, 1.807) is 13.8 Å². The minimum absolute atomic E-state index is 0.00775. The molecule has 2 saturated carbocycles. The number of fused-ring (bicyclic) bond motifs is 3. The van der Waals surface area contributed by atoms with E-state index in [-0.39, 0.29) is 29.6 Å². The third-order valence-corrected chi connectivity index (χ3v) is 5.73. The molecule has 2 aliphatic carbocycles. The van der Waals surface area contributed by atoms with Crippen LogP contribution in [0.2, 0.25) is 0 Å². The van der Waals surface area contributed by atoms with Gasteiger partial charge >= 0.3 is 11.9 Å². The fourth-order valence-electron chi connectivity index (χ4n) is 4.39. The van der Waals surface area contributed by atoms with Crippen molar-refractivity contribution in [3.63, 3.8) is 0 Å². The van der Waals surface area contributed by atoms with Crippen molar-refractivity contribution in [1.29, 1.82) is 0 Å². The summed E-state index contributed by atoms with van der Waals surface area (Å²) in [6.45, 7) is 15.2. The van der Waals surface area contributed by atoms with Gasteiger partial charge in [-0.25, -0.2) is 4.79 Å². The third kappa shape index (κ3) is 2.51. The molecule has 0 aromatic rings. The average molecular weight is 332 g/mol. The number of carbonyl (C=O) groups is 2. The van der Waals surface area contributed by atoms with E-state index in [0.717, 1.165) is 5.57 Å². The highest BCUT2D eigenvalue weighted by atomic mass is 16.6. The van der Waals surface area contributed by atoms with Crippen LogP contribution in [0.5, 0.6) is 0 Å². The highest BCUT2D eigenvalue weighted by Crippen LogP contribution is 2.52. The molecule has 0 amide bonds. The molecule has 0 spiro atoms. The van der Waals surface area contributed by atoms with E-state index >= 15 is 0 Å². The maximum Gasteiger partial charge on any atom is 0.333 e. The summed E-state index contributed by atoms with van der Waals surface area (Å²) in [7, 11) is 0. The molecule has 3 rings (SSSR count). The molecule has 0 radical (unpaired) electrons. The number of ether oxygens (including phenoxy) is 2. The van der Waals surface area contributed by atoms with Gasteiger partial charge in [0.15, 0.2) is 0 Å². The molecule has 130 valence electrons. The molecule has 3 aliphatic rings. The zero-order chi connectivity index (χ0) is 17.8. The van der Waals surface area contributed by atoms with Gasteiger partial charge in [-0.15, -0.1) is 0 Å². The van der Waals surface area contributed by atoms with Crippen LogP contribution < -0.4 is 0 Å². The Morgan fingerprint density at radius 2 is 2.04 bits per heavy atom.